The summed E-state index contributed by atoms with van der Waals surface area (Å²) in [5.74, 6) is -0.492. The fourth-order valence-corrected chi connectivity index (χ4v) is 0.881. The molecule has 0 spiro atoms. The van der Waals surface area contributed by atoms with Crippen molar-refractivity contribution in [2.24, 2.45) is 0 Å². The SMILES string of the molecule is CC(C)O[C-]=O.[CH2-]CC(=O)[CH-]c1[c-]ccc(F)c1.[Cr].[K+]. The molecule has 0 saturated heterocycles. The van der Waals surface area contributed by atoms with E-state index in [2.05, 4.69) is 17.7 Å². The summed E-state index contributed by atoms with van der Waals surface area (Å²) in [7, 11) is 0. The van der Waals surface area contributed by atoms with Crippen molar-refractivity contribution in [3.05, 3.63) is 49.0 Å². The van der Waals surface area contributed by atoms with Gasteiger partial charge in [-0.25, -0.2) is 16.9 Å². The second-order valence-corrected chi connectivity index (χ2v) is 3.57. The minimum absolute atomic E-state index is 0. The van der Waals surface area contributed by atoms with E-state index in [4.69, 9.17) is 0 Å². The Hall–Kier alpha value is 0.329. The summed E-state index contributed by atoms with van der Waals surface area (Å²) in [4.78, 5) is 20.1. The molecule has 3 nitrogen and oxygen atoms in total. The summed E-state index contributed by atoms with van der Waals surface area (Å²) < 4.78 is 16.8. The largest absolute Gasteiger partial charge is 1.00 e. The molecule has 0 fully saturated rings. The van der Waals surface area contributed by atoms with Crippen molar-refractivity contribution in [2.75, 3.05) is 0 Å². The van der Waals surface area contributed by atoms with Crippen molar-refractivity contribution in [3.8, 4) is 0 Å². The van der Waals surface area contributed by atoms with Gasteiger partial charge in [0, 0.05) is 29.0 Å². The molecule has 0 amide bonds. The van der Waals surface area contributed by atoms with E-state index in [1.54, 1.807) is 13.8 Å². The van der Waals surface area contributed by atoms with E-state index in [0.717, 1.165) is 0 Å². The predicted octanol–water partition coefficient (Wildman–Crippen LogP) is -0.548. The molecule has 1 rings (SSSR count). The normalized spacial score (nSPS) is 8.25. The first kappa shape index (κ1) is 25.3. The summed E-state index contributed by atoms with van der Waals surface area (Å²) >= 11 is 0. The topological polar surface area (TPSA) is 43.4 Å². The number of rotatable bonds is 5. The first-order valence-electron chi connectivity index (χ1n) is 5.36. The molecule has 0 heterocycles. The summed E-state index contributed by atoms with van der Waals surface area (Å²) in [6.07, 6.45) is 1.49. The van der Waals surface area contributed by atoms with Gasteiger partial charge >= 0.3 is 51.4 Å². The van der Waals surface area contributed by atoms with E-state index in [9.17, 15) is 14.0 Å². The molecular formula is C14H15CrFKO3-3. The van der Waals surface area contributed by atoms with E-state index in [1.807, 2.05) is 0 Å². The van der Waals surface area contributed by atoms with Crippen LogP contribution in [-0.4, -0.2) is 18.4 Å². The van der Waals surface area contributed by atoms with Gasteiger partial charge in [0.15, 0.2) is 0 Å². The molecule has 0 N–H and O–H groups in total. The van der Waals surface area contributed by atoms with Crippen LogP contribution in [-0.2, 0) is 31.7 Å². The van der Waals surface area contributed by atoms with Crippen LogP contribution >= 0.6 is 0 Å². The van der Waals surface area contributed by atoms with E-state index < -0.39 is 0 Å². The second-order valence-electron chi connectivity index (χ2n) is 3.57. The number of ether oxygens (including phenoxy) is 1. The van der Waals surface area contributed by atoms with Crippen molar-refractivity contribution >= 4 is 12.3 Å². The van der Waals surface area contributed by atoms with E-state index in [1.165, 1.54) is 31.1 Å². The van der Waals surface area contributed by atoms with Crippen LogP contribution in [0.5, 0.6) is 0 Å². The van der Waals surface area contributed by atoms with Gasteiger partial charge in [0.2, 0.25) is 0 Å². The molecule has 0 bridgehead atoms. The Bertz CT molecular complexity index is 386. The number of benzene rings is 1. The maximum atomic E-state index is 12.6. The summed E-state index contributed by atoms with van der Waals surface area (Å²) in [5.41, 5.74) is 0.462. The van der Waals surface area contributed by atoms with Crippen LogP contribution in [0.15, 0.2) is 18.2 Å². The monoisotopic (exact) mass is 341 g/mol. The van der Waals surface area contributed by atoms with E-state index in [-0.39, 0.29) is 92.9 Å². The van der Waals surface area contributed by atoms with Gasteiger partial charge in [-0.2, -0.15) is 6.07 Å². The van der Waals surface area contributed by atoms with Crippen LogP contribution in [0, 0.1) is 25.2 Å². The Morgan fingerprint density at radius 1 is 1.60 bits per heavy atom. The molecule has 0 atom stereocenters. The third-order valence-corrected chi connectivity index (χ3v) is 1.63. The van der Waals surface area contributed by atoms with Crippen molar-refractivity contribution in [1.82, 2.24) is 0 Å². The third-order valence-electron chi connectivity index (χ3n) is 1.63. The molecule has 20 heavy (non-hydrogen) atoms. The molecule has 106 valence electrons. The van der Waals surface area contributed by atoms with Crippen molar-refractivity contribution in [3.63, 3.8) is 0 Å². The average molecular weight is 341 g/mol. The number of hydrogen-bond donors (Lipinski definition) is 0. The van der Waals surface area contributed by atoms with Gasteiger partial charge in [-0.3, -0.25) is 0 Å². The fourth-order valence-electron chi connectivity index (χ4n) is 0.881. The minimum atomic E-state index is -0.364. The molecular weight excluding hydrogens is 326 g/mol. The number of hydrogen-bond acceptors (Lipinski definition) is 3. The summed E-state index contributed by atoms with van der Waals surface area (Å²) in [6, 6.07) is 6.71. The fraction of sp³-hybridized carbons (Fsp3) is 0.286. The van der Waals surface area contributed by atoms with Crippen LogP contribution in [0.2, 0.25) is 0 Å². The van der Waals surface area contributed by atoms with Gasteiger partial charge in [-0.15, -0.1) is 6.42 Å². The predicted molar refractivity (Wildman–Crippen MR) is 65.5 cm³/mol. The quantitative estimate of drug-likeness (QED) is 0.533. The maximum Gasteiger partial charge on any atom is 1.00 e. The van der Waals surface area contributed by atoms with Crippen molar-refractivity contribution < 1.29 is 87.5 Å². The second kappa shape index (κ2) is 15.7. The van der Waals surface area contributed by atoms with Crippen molar-refractivity contribution in [1.29, 1.82) is 0 Å². The van der Waals surface area contributed by atoms with Crippen LogP contribution in [0.4, 0.5) is 4.39 Å². The number of halogens is 1. The Morgan fingerprint density at radius 2 is 2.20 bits per heavy atom. The summed E-state index contributed by atoms with van der Waals surface area (Å²) in [6.45, 7) is 8.27. The van der Waals surface area contributed by atoms with Crippen LogP contribution in [0.3, 0.4) is 0 Å². The molecule has 0 aliphatic heterocycles. The number of ketones is 1. The molecule has 0 unspecified atom stereocenters. The summed E-state index contributed by atoms with van der Waals surface area (Å²) in [5, 5.41) is 0. The smallest absolute Gasteiger partial charge is 0.651 e. The first-order valence-corrected chi connectivity index (χ1v) is 5.36. The van der Waals surface area contributed by atoms with Gasteiger partial charge in [0.25, 0.3) is 0 Å². The molecule has 0 radical (unpaired) electrons. The molecule has 1 aromatic rings. The Balaban J connectivity index is -0.000000316. The molecule has 0 aliphatic rings. The van der Waals surface area contributed by atoms with Crippen LogP contribution in [0.1, 0.15) is 25.8 Å². The number of carbonyl (C=O) groups excluding carboxylic acids is 2. The zero-order valence-electron chi connectivity index (χ0n) is 11.8. The van der Waals surface area contributed by atoms with E-state index in [0.29, 0.717) is 5.56 Å². The molecule has 0 aliphatic carbocycles. The average Bonchev–Trinajstić information content (AvgIpc) is 2.29. The molecule has 1 aromatic carbocycles. The zero-order chi connectivity index (χ0) is 14.0. The van der Waals surface area contributed by atoms with Gasteiger partial charge in [0.1, 0.15) is 0 Å². The van der Waals surface area contributed by atoms with Gasteiger partial charge in [0.05, 0.1) is 6.10 Å². The Labute approximate surface area is 173 Å². The van der Waals surface area contributed by atoms with Gasteiger partial charge < -0.3 is 32.9 Å². The van der Waals surface area contributed by atoms with Gasteiger partial charge in [-0.1, -0.05) is 12.5 Å². The maximum absolute atomic E-state index is 12.6. The first-order chi connectivity index (χ1) is 8.49. The van der Waals surface area contributed by atoms with Crippen LogP contribution < -0.4 is 51.4 Å². The Kier molecular flexibility index (Phi) is 19.9. The van der Waals surface area contributed by atoms with Crippen LogP contribution in [0.25, 0.3) is 0 Å². The molecule has 6 heteroatoms. The Morgan fingerprint density at radius 3 is 2.55 bits per heavy atom. The number of carbonyl (C=O) groups is 1. The third kappa shape index (κ3) is 14.7. The minimum Gasteiger partial charge on any atom is -0.651 e. The zero-order valence-corrected chi connectivity index (χ0v) is 16.2. The standard InChI is InChI=1S/C10H8FO.C4H7O2.Cr.K/c1-2-10(12)7-8-4-3-5-9(11)6-8;1-4(2)6-3-5;;/h3,5-7H,1-2H2;4H,1-2H3;;/q-3;-1;;+1. The molecule has 0 aromatic heterocycles. The van der Waals surface area contributed by atoms with Gasteiger partial charge in [-0.05, 0) is 13.8 Å². The molecule has 0 saturated carbocycles. The van der Waals surface area contributed by atoms with Crippen molar-refractivity contribution in [2.45, 2.75) is 26.4 Å². The number of Topliss-reactive ketones (excluding diaryl/α,β-unsaturated/α-hetero) is 1. The van der Waals surface area contributed by atoms with E-state index >= 15 is 0 Å².